The molecule has 0 saturated heterocycles. The minimum atomic E-state index is -0.520. The number of hydrogen-bond donors (Lipinski definition) is 1. The van der Waals surface area contributed by atoms with E-state index in [9.17, 15) is 0 Å². The third kappa shape index (κ3) is 3.83. The number of hydrogen-bond acceptors (Lipinski definition) is 1. The normalized spacial score (nSPS) is 13.1. The molecule has 0 spiro atoms. The van der Waals surface area contributed by atoms with Gasteiger partial charge in [-0.05, 0) is 132 Å². The molecule has 5 heteroatoms. The molecule has 0 amide bonds. The van der Waals surface area contributed by atoms with E-state index < -0.39 is 10.9 Å². The van der Waals surface area contributed by atoms with Crippen LogP contribution >= 0.6 is 78.7 Å². The first kappa shape index (κ1) is 20.1. The van der Waals surface area contributed by atoms with Gasteiger partial charge in [-0.3, -0.25) is 0 Å². The van der Waals surface area contributed by atoms with Gasteiger partial charge in [0.15, 0.2) is 5.75 Å². The number of benzene rings is 4. The Morgan fingerprint density at radius 3 is 1.69 bits per heavy atom. The van der Waals surface area contributed by atoms with E-state index in [-0.39, 0.29) is 0 Å². The third-order valence-corrected chi connectivity index (χ3v) is 9.64. The summed E-state index contributed by atoms with van der Waals surface area (Å²) in [6.45, 7) is 0. The van der Waals surface area contributed by atoms with Crippen molar-refractivity contribution >= 4 is 78.7 Å². The van der Waals surface area contributed by atoms with Crippen LogP contribution in [-0.4, -0.2) is 0 Å². The van der Waals surface area contributed by atoms with Crippen molar-refractivity contribution in [3.8, 4) is 22.6 Å². The van der Waals surface area contributed by atoms with Crippen molar-refractivity contribution in [3.05, 3.63) is 95.6 Å². The van der Waals surface area contributed by atoms with Gasteiger partial charge in [0.05, 0.1) is 7.14 Å². The fourth-order valence-electron chi connectivity index (χ4n) is 3.61. The summed E-state index contributed by atoms with van der Waals surface area (Å²) in [5.41, 5.74) is 2.75. The first-order chi connectivity index (χ1) is 14.1. The van der Waals surface area contributed by atoms with Crippen molar-refractivity contribution in [2.24, 2.45) is 0 Å². The standard InChI is InChI=1S/C24H15I3OS/c25-15-13-20(26)24(21(27)14-15)28-16-9-11-17(12-10-16)29-22-7-3-1-5-18(22)19-6-2-4-8-23(19)29/h1-14,29H. The van der Waals surface area contributed by atoms with E-state index >= 15 is 0 Å². The maximum atomic E-state index is 6.24. The molecule has 0 aromatic heterocycles. The van der Waals surface area contributed by atoms with Gasteiger partial charge in [0, 0.05) is 13.4 Å². The van der Waals surface area contributed by atoms with E-state index in [4.69, 9.17) is 4.74 Å². The van der Waals surface area contributed by atoms with Gasteiger partial charge >= 0.3 is 0 Å². The zero-order chi connectivity index (χ0) is 20.0. The molecule has 29 heavy (non-hydrogen) atoms. The number of ether oxygens (including phenoxy) is 1. The molecule has 0 unspecified atom stereocenters. The van der Waals surface area contributed by atoms with Crippen LogP contribution < -0.4 is 4.74 Å². The van der Waals surface area contributed by atoms with Crippen LogP contribution in [0.1, 0.15) is 0 Å². The molecule has 144 valence electrons. The van der Waals surface area contributed by atoms with E-state index in [0.29, 0.717) is 0 Å². The first-order valence-electron chi connectivity index (χ1n) is 9.03. The molecule has 0 N–H and O–H groups in total. The lowest BCUT2D eigenvalue weighted by atomic mass is 10.1. The third-order valence-electron chi connectivity index (χ3n) is 4.86. The van der Waals surface area contributed by atoms with E-state index in [1.165, 1.54) is 29.4 Å². The maximum Gasteiger partial charge on any atom is 0.154 e. The molecule has 1 aliphatic heterocycles. The summed E-state index contributed by atoms with van der Waals surface area (Å²) in [5.74, 6) is 1.81. The van der Waals surface area contributed by atoms with Gasteiger partial charge in [0.1, 0.15) is 5.75 Å². The van der Waals surface area contributed by atoms with Crippen LogP contribution in [0.2, 0.25) is 0 Å². The minimum Gasteiger partial charge on any atom is -0.455 e. The zero-order valence-electron chi connectivity index (χ0n) is 15.1. The number of halogens is 3. The molecule has 1 heterocycles. The number of rotatable bonds is 3. The van der Waals surface area contributed by atoms with Crippen molar-refractivity contribution in [3.63, 3.8) is 0 Å². The summed E-state index contributed by atoms with van der Waals surface area (Å²) < 4.78 is 9.72. The lowest BCUT2D eigenvalue weighted by molar-refractivity contribution is 0.475. The quantitative estimate of drug-likeness (QED) is 0.144. The zero-order valence-corrected chi connectivity index (χ0v) is 22.4. The van der Waals surface area contributed by atoms with Crippen molar-refractivity contribution in [1.29, 1.82) is 0 Å². The Morgan fingerprint density at radius 2 is 1.14 bits per heavy atom. The fourth-order valence-corrected chi connectivity index (χ4v) is 10.0. The molecule has 1 aliphatic rings. The van der Waals surface area contributed by atoms with Gasteiger partial charge in [-0.2, -0.15) is 10.9 Å². The second-order valence-electron chi connectivity index (χ2n) is 6.66. The Morgan fingerprint density at radius 1 is 0.621 bits per heavy atom. The first-order valence-corrected chi connectivity index (χ1v) is 13.6. The lowest BCUT2D eigenvalue weighted by Crippen LogP contribution is -1.92. The Labute approximate surface area is 214 Å². The second kappa shape index (κ2) is 8.39. The Balaban J connectivity index is 1.50. The molecule has 4 aromatic carbocycles. The largest absolute Gasteiger partial charge is 0.455 e. The van der Waals surface area contributed by atoms with Crippen LogP contribution in [0, 0.1) is 10.7 Å². The van der Waals surface area contributed by atoms with Gasteiger partial charge < -0.3 is 4.74 Å². The summed E-state index contributed by atoms with van der Waals surface area (Å²) in [6, 6.07) is 30.6. The lowest BCUT2D eigenvalue weighted by Gasteiger charge is -2.19. The van der Waals surface area contributed by atoms with Gasteiger partial charge in [-0.25, -0.2) is 0 Å². The SMILES string of the molecule is Ic1cc(I)c(Oc2ccc([SH]3c4ccccc4-c4ccccc43)cc2)c(I)c1. The molecule has 0 saturated carbocycles. The monoisotopic (exact) mass is 732 g/mol. The molecule has 4 aromatic rings. The van der Waals surface area contributed by atoms with E-state index in [0.717, 1.165) is 18.6 Å². The molecule has 5 rings (SSSR count). The van der Waals surface area contributed by atoms with Crippen molar-refractivity contribution in [2.45, 2.75) is 14.7 Å². The Bertz CT molecular complexity index is 1150. The summed E-state index contributed by atoms with van der Waals surface area (Å²) in [5, 5.41) is 0. The molecule has 0 fully saturated rings. The van der Waals surface area contributed by atoms with Crippen LogP contribution in [0.25, 0.3) is 11.1 Å². The van der Waals surface area contributed by atoms with Crippen LogP contribution in [0.4, 0.5) is 0 Å². The average molecular weight is 732 g/mol. The highest BCUT2D eigenvalue weighted by molar-refractivity contribution is 14.1. The molecule has 1 nitrogen and oxygen atoms in total. The predicted molar refractivity (Wildman–Crippen MR) is 147 cm³/mol. The average Bonchev–Trinajstić information content (AvgIpc) is 3.06. The predicted octanol–water partition coefficient (Wildman–Crippen LogP) is 8.75. The summed E-state index contributed by atoms with van der Waals surface area (Å²) in [6.07, 6.45) is 0. The van der Waals surface area contributed by atoms with Gasteiger partial charge in [-0.1, -0.05) is 36.4 Å². The van der Waals surface area contributed by atoms with E-state index in [2.05, 4.69) is 153 Å². The molecule has 0 aliphatic carbocycles. The Hall–Kier alpha value is -0.780. The fraction of sp³-hybridized carbons (Fsp3) is 0. The van der Waals surface area contributed by atoms with E-state index in [1.807, 2.05) is 0 Å². The van der Waals surface area contributed by atoms with Crippen molar-refractivity contribution in [1.82, 2.24) is 0 Å². The van der Waals surface area contributed by atoms with E-state index in [1.54, 1.807) is 0 Å². The number of thiol groups is 1. The molecular formula is C24H15I3OS. The second-order valence-corrected chi connectivity index (χ2v) is 12.4. The smallest absolute Gasteiger partial charge is 0.154 e. The Kier molecular flexibility index (Phi) is 5.83. The maximum absolute atomic E-state index is 6.24. The minimum absolute atomic E-state index is 0.520. The van der Waals surface area contributed by atoms with Gasteiger partial charge in [0.2, 0.25) is 0 Å². The molecule has 0 atom stereocenters. The summed E-state index contributed by atoms with van der Waals surface area (Å²) in [4.78, 5) is 4.25. The topological polar surface area (TPSA) is 9.23 Å². The highest BCUT2D eigenvalue weighted by Crippen LogP contribution is 2.62. The van der Waals surface area contributed by atoms with Crippen LogP contribution in [-0.2, 0) is 0 Å². The van der Waals surface area contributed by atoms with Crippen LogP contribution in [0.3, 0.4) is 0 Å². The molecule has 0 radical (unpaired) electrons. The highest BCUT2D eigenvalue weighted by atomic mass is 127. The van der Waals surface area contributed by atoms with Gasteiger partial charge in [-0.15, -0.1) is 0 Å². The summed E-state index contributed by atoms with van der Waals surface area (Å²) >= 11 is 7.03. The number of fused-ring (bicyclic) bond motifs is 3. The van der Waals surface area contributed by atoms with Gasteiger partial charge in [0.25, 0.3) is 0 Å². The van der Waals surface area contributed by atoms with Crippen molar-refractivity contribution in [2.75, 3.05) is 0 Å². The molecule has 0 bridgehead atoms. The summed E-state index contributed by atoms with van der Waals surface area (Å²) in [7, 11) is -0.520. The van der Waals surface area contributed by atoms with Crippen LogP contribution in [0.15, 0.2) is 99.6 Å². The van der Waals surface area contributed by atoms with Crippen LogP contribution in [0.5, 0.6) is 11.5 Å². The molecular weight excluding hydrogens is 717 g/mol. The van der Waals surface area contributed by atoms with Crippen molar-refractivity contribution < 1.29 is 4.74 Å². The highest BCUT2D eigenvalue weighted by Gasteiger charge is 2.26.